The first kappa shape index (κ1) is 39.2. The Kier molecular flexibility index (Phi) is 9.27. The largest absolute Gasteiger partial charge is 0.494 e. The lowest BCUT2D eigenvalue weighted by molar-refractivity contribution is 0.00578. The van der Waals surface area contributed by atoms with Gasteiger partial charge in [0.25, 0.3) is 0 Å². The zero-order valence-electron chi connectivity index (χ0n) is 36.8. The summed E-state index contributed by atoms with van der Waals surface area (Å²) in [6.07, 6.45) is 15.4. The Hall–Kier alpha value is -4.70. The van der Waals surface area contributed by atoms with E-state index in [9.17, 15) is 0 Å². The van der Waals surface area contributed by atoms with Gasteiger partial charge in [0.05, 0.1) is 11.2 Å². The molecule has 0 spiro atoms. The monoisotopic (exact) mass is 800 g/mol. The van der Waals surface area contributed by atoms with Gasteiger partial charge < -0.3 is 9.31 Å². The first-order chi connectivity index (χ1) is 29.5. The summed E-state index contributed by atoms with van der Waals surface area (Å²) in [5.41, 5.74) is 15.8. The van der Waals surface area contributed by atoms with Gasteiger partial charge >= 0.3 is 7.12 Å². The van der Waals surface area contributed by atoms with E-state index in [1.54, 1.807) is 16.7 Å². The van der Waals surface area contributed by atoms with Crippen LogP contribution in [0, 0.1) is 0 Å². The average Bonchev–Trinajstić information content (AvgIpc) is 3.56. The molecule has 1 saturated heterocycles. The second-order valence-electron chi connectivity index (χ2n) is 21.0. The Morgan fingerprint density at radius 1 is 0.295 bits per heavy atom. The number of rotatable bonds is 8. The van der Waals surface area contributed by atoms with Crippen LogP contribution >= 0.6 is 0 Å². The Morgan fingerprint density at radius 3 is 0.803 bits per heavy atom. The Balaban J connectivity index is 0.711. The minimum atomic E-state index is -0.318. The molecule has 308 valence electrons. The molecule has 3 heteroatoms. The molecular weight excluding hydrogens is 739 g/mol. The fourth-order valence-electron chi connectivity index (χ4n) is 12.6. The zero-order chi connectivity index (χ0) is 41.5. The summed E-state index contributed by atoms with van der Waals surface area (Å²) in [7, 11) is -0.297. The van der Waals surface area contributed by atoms with E-state index in [0.717, 1.165) is 5.46 Å². The molecule has 6 aromatic rings. The van der Waals surface area contributed by atoms with Gasteiger partial charge in [0, 0.05) is 0 Å². The fourth-order valence-corrected chi connectivity index (χ4v) is 12.6. The lowest BCUT2D eigenvalue weighted by atomic mass is 9.50. The highest BCUT2D eigenvalue weighted by Crippen LogP contribution is 2.60. The number of fused-ring (bicyclic) bond motifs is 6. The first-order valence-electron chi connectivity index (χ1n) is 23.4. The third-order valence-corrected chi connectivity index (χ3v) is 17.7. The van der Waals surface area contributed by atoms with Crippen molar-refractivity contribution in [1.82, 2.24) is 0 Å². The van der Waals surface area contributed by atoms with Gasteiger partial charge in [-0.1, -0.05) is 152 Å². The normalized spacial score (nSPS) is 28.6. The first-order valence-corrected chi connectivity index (χ1v) is 23.4. The summed E-state index contributed by atoms with van der Waals surface area (Å²) < 4.78 is 12.7. The van der Waals surface area contributed by atoms with Crippen molar-refractivity contribution in [2.45, 2.75) is 138 Å². The second kappa shape index (κ2) is 14.4. The van der Waals surface area contributed by atoms with E-state index in [2.05, 4.69) is 179 Å². The van der Waals surface area contributed by atoms with Gasteiger partial charge in [-0.15, -0.1) is 0 Å². The molecule has 0 aromatic heterocycles. The number of benzene rings is 6. The summed E-state index contributed by atoms with van der Waals surface area (Å²) >= 11 is 0. The van der Waals surface area contributed by atoms with Crippen LogP contribution in [0.25, 0.3) is 33.4 Å². The maximum Gasteiger partial charge on any atom is 0.494 e. The summed E-state index contributed by atoms with van der Waals surface area (Å²) in [5.74, 6) is 0. The van der Waals surface area contributed by atoms with Crippen molar-refractivity contribution in [2.24, 2.45) is 0 Å². The predicted molar refractivity (Wildman–Crippen MR) is 253 cm³/mol. The van der Waals surface area contributed by atoms with E-state index in [-0.39, 0.29) is 18.3 Å². The molecule has 13 rings (SSSR count). The van der Waals surface area contributed by atoms with Crippen LogP contribution in [-0.4, -0.2) is 18.3 Å². The summed E-state index contributed by atoms with van der Waals surface area (Å²) in [6.45, 7) is 8.51. The third kappa shape index (κ3) is 6.60. The minimum absolute atomic E-state index is 0.297. The molecule has 7 aliphatic rings. The molecule has 61 heavy (non-hydrogen) atoms. The SMILES string of the molecule is CC1(C)OB(c2ccc(C34CCC(c5ccc(-c6ccc(C78CCC(c9ccc(-c%10ccc(-c%11ccccc%11)cc%10)cc9)(CC7)CC8)cc6)cc5)(CC3)CC4)cc2)OC1(C)C. The van der Waals surface area contributed by atoms with Crippen molar-refractivity contribution in [2.75, 3.05) is 0 Å². The van der Waals surface area contributed by atoms with E-state index >= 15 is 0 Å². The smallest absolute Gasteiger partial charge is 0.399 e. The van der Waals surface area contributed by atoms with Gasteiger partial charge in [-0.05, 0) is 188 Å². The molecule has 6 aromatic carbocycles. The van der Waals surface area contributed by atoms with Crippen molar-refractivity contribution >= 4 is 12.6 Å². The second-order valence-corrected chi connectivity index (χ2v) is 21.0. The molecule has 1 aliphatic heterocycles. The molecule has 1 heterocycles. The van der Waals surface area contributed by atoms with Crippen molar-refractivity contribution < 1.29 is 9.31 Å². The van der Waals surface area contributed by atoms with Gasteiger partial charge in [0.15, 0.2) is 0 Å². The van der Waals surface area contributed by atoms with E-state index in [1.165, 1.54) is 116 Å². The van der Waals surface area contributed by atoms with E-state index in [1.807, 2.05) is 0 Å². The number of hydrogen-bond acceptors (Lipinski definition) is 2. The average molecular weight is 801 g/mol. The van der Waals surface area contributed by atoms with Crippen molar-refractivity contribution in [3.63, 3.8) is 0 Å². The lowest BCUT2D eigenvalue weighted by Crippen LogP contribution is -2.46. The minimum Gasteiger partial charge on any atom is -0.399 e. The molecule has 6 aliphatic carbocycles. The highest BCUT2D eigenvalue weighted by Gasteiger charge is 2.53. The molecule has 6 saturated carbocycles. The highest BCUT2D eigenvalue weighted by molar-refractivity contribution is 6.62. The van der Waals surface area contributed by atoms with E-state index in [4.69, 9.17) is 9.31 Å². The van der Waals surface area contributed by atoms with Gasteiger partial charge in [-0.3, -0.25) is 0 Å². The predicted octanol–water partition coefficient (Wildman–Crippen LogP) is 14.1. The molecule has 4 bridgehead atoms. The summed E-state index contributed by atoms with van der Waals surface area (Å²) in [5, 5.41) is 0. The highest BCUT2D eigenvalue weighted by atomic mass is 16.7. The molecular formula is C58H61BO2. The van der Waals surface area contributed by atoms with Gasteiger partial charge in [-0.25, -0.2) is 0 Å². The maximum atomic E-state index is 6.35. The van der Waals surface area contributed by atoms with E-state index in [0.29, 0.717) is 21.7 Å². The van der Waals surface area contributed by atoms with Crippen LogP contribution in [0.15, 0.2) is 152 Å². The van der Waals surface area contributed by atoms with Crippen LogP contribution in [0.5, 0.6) is 0 Å². The topological polar surface area (TPSA) is 18.5 Å². The molecule has 0 N–H and O–H groups in total. The van der Waals surface area contributed by atoms with Crippen molar-refractivity contribution in [3.8, 4) is 33.4 Å². The van der Waals surface area contributed by atoms with Crippen LogP contribution in [-0.2, 0) is 31.0 Å². The standard InChI is InChI=1S/C58H61BO2/c1-53(2)54(3,4)61-59(60-53)52-28-26-51(27-29-52)58-39-36-57(37-40-58,38-41-58)50-24-18-47(19-25-50)46-16-22-49(23-17-46)56-33-30-55(31-34-56,32-35-56)48-20-14-45(15-21-48)44-12-10-43(11-13-44)42-8-6-5-7-9-42/h5-29H,30-41H2,1-4H3. The zero-order valence-corrected chi connectivity index (χ0v) is 36.8. The van der Waals surface area contributed by atoms with Crippen LogP contribution in [0.4, 0.5) is 0 Å². The molecule has 0 radical (unpaired) electrons. The Bertz CT molecular complexity index is 2450. The third-order valence-electron chi connectivity index (χ3n) is 17.7. The van der Waals surface area contributed by atoms with Gasteiger partial charge in [0.1, 0.15) is 0 Å². The Morgan fingerprint density at radius 2 is 0.525 bits per heavy atom. The van der Waals surface area contributed by atoms with Crippen LogP contribution in [0.3, 0.4) is 0 Å². The summed E-state index contributed by atoms with van der Waals surface area (Å²) in [6, 6.07) is 58.1. The van der Waals surface area contributed by atoms with Gasteiger partial charge in [-0.2, -0.15) is 0 Å². The van der Waals surface area contributed by atoms with Crippen LogP contribution in [0.2, 0.25) is 0 Å². The molecule has 0 unspecified atom stereocenters. The van der Waals surface area contributed by atoms with Crippen molar-refractivity contribution in [1.29, 1.82) is 0 Å². The number of hydrogen-bond donors (Lipinski definition) is 0. The molecule has 0 amide bonds. The van der Waals surface area contributed by atoms with Crippen molar-refractivity contribution in [3.05, 3.63) is 174 Å². The lowest BCUT2D eigenvalue weighted by Gasteiger charge is -2.54. The van der Waals surface area contributed by atoms with E-state index < -0.39 is 0 Å². The van der Waals surface area contributed by atoms with Crippen LogP contribution < -0.4 is 5.46 Å². The quantitative estimate of drug-likeness (QED) is 0.143. The van der Waals surface area contributed by atoms with Crippen LogP contribution in [0.1, 0.15) is 127 Å². The summed E-state index contributed by atoms with van der Waals surface area (Å²) in [4.78, 5) is 0. The molecule has 7 fully saturated rings. The fraction of sp³-hybridized carbons (Fsp3) is 0.379. The Labute approximate surface area is 365 Å². The molecule has 0 atom stereocenters. The van der Waals surface area contributed by atoms with Gasteiger partial charge in [0.2, 0.25) is 0 Å². The molecule has 2 nitrogen and oxygen atoms in total. The maximum absolute atomic E-state index is 6.35.